The fourth-order valence-electron chi connectivity index (χ4n) is 1.65. The van der Waals surface area contributed by atoms with Gasteiger partial charge in [0, 0.05) is 0 Å². The average molecular weight is 322 g/mol. The molecular weight excluding hydrogens is 317 g/mol. The molecule has 1 heterocycles. The summed E-state index contributed by atoms with van der Waals surface area (Å²) in [5.74, 6) is 0. The normalized spacial score (nSPS) is 11.7. The van der Waals surface area contributed by atoms with E-state index in [2.05, 4.69) is 5.10 Å². The van der Waals surface area contributed by atoms with Crippen molar-refractivity contribution in [2.24, 2.45) is 0 Å². The molecule has 2 rings (SSSR count). The Morgan fingerprint density at radius 1 is 1.29 bits per heavy atom. The van der Waals surface area contributed by atoms with E-state index in [0.29, 0.717) is 10.7 Å². The molecule has 0 unspecified atom stereocenters. The number of hydrogen-bond acceptors (Lipinski definition) is 2. The second-order valence-electron chi connectivity index (χ2n) is 3.92. The molecule has 0 saturated heterocycles. The van der Waals surface area contributed by atoms with E-state index in [1.807, 2.05) is 0 Å². The summed E-state index contributed by atoms with van der Waals surface area (Å²) in [4.78, 5) is 0. The predicted molar refractivity (Wildman–Crippen MR) is 63.2 cm³/mol. The highest BCUT2D eigenvalue weighted by atomic mass is 35.5. The van der Waals surface area contributed by atoms with Crippen LogP contribution in [-0.2, 0) is 6.18 Å². The van der Waals surface area contributed by atoms with Crippen molar-refractivity contribution in [1.29, 1.82) is 5.26 Å². The second kappa shape index (κ2) is 5.33. The zero-order valence-corrected chi connectivity index (χ0v) is 10.8. The van der Waals surface area contributed by atoms with E-state index < -0.39 is 34.6 Å². The zero-order valence-electron chi connectivity index (χ0n) is 10.00. The fourth-order valence-corrected chi connectivity index (χ4v) is 1.93. The van der Waals surface area contributed by atoms with Crippen LogP contribution in [0.15, 0.2) is 24.3 Å². The van der Waals surface area contributed by atoms with Crippen LogP contribution < -0.4 is 0 Å². The van der Waals surface area contributed by atoms with Gasteiger partial charge < -0.3 is 0 Å². The molecule has 0 radical (unpaired) electrons. The van der Waals surface area contributed by atoms with E-state index in [0.717, 1.165) is 12.1 Å². The molecule has 0 spiro atoms. The number of halogens is 6. The third kappa shape index (κ3) is 2.83. The van der Waals surface area contributed by atoms with E-state index in [1.165, 1.54) is 12.1 Å². The Labute approximate surface area is 120 Å². The Morgan fingerprint density at radius 2 is 1.95 bits per heavy atom. The smallest absolute Gasteiger partial charge is 0.220 e. The van der Waals surface area contributed by atoms with Crippen molar-refractivity contribution in [2.45, 2.75) is 12.6 Å². The molecule has 0 bridgehead atoms. The van der Waals surface area contributed by atoms with E-state index in [-0.39, 0.29) is 5.69 Å². The van der Waals surface area contributed by atoms with Crippen LogP contribution in [0.25, 0.3) is 5.69 Å². The number of benzene rings is 1. The lowest BCUT2D eigenvalue weighted by molar-refractivity contribution is -0.137. The van der Waals surface area contributed by atoms with Gasteiger partial charge in [0.05, 0.1) is 11.3 Å². The highest BCUT2D eigenvalue weighted by Gasteiger charge is 2.31. The summed E-state index contributed by atoms with van der Waals surface area (Å²) in [5, 5.41) is 11.7. The summed E-state index contributed by atoms with van der Waals surface area (Å²) in [6.07, 6.45) is -7.66. The van der Waals surface area contributed by atoms with Crippen molar-refractivity contribution in [3.05, 3.63) is 46.2 Å². The van der Waals surface area contributed by atoms with Crippen LogP contribution in [0.1, 0.15) is 23.2 Å². The van der Waals surface area contributed by atoms with Gasteiger partial charge in [0.1, 0.15) is 17.3 Å². The van der Waals surface area contributed by atoms with Gasteiger partial charge in [-0.25, -0.2) is 13.5 Å². The molecule has 0 aliphatic rings. The Morgan fingerprint density at radius 3 is 2.43 bits per heavy atom. The van der Waals surface area contributed by atoms with Gasteiger partial charge >= 0.3 is 6.18 Å². The van der Waals surface area contributed by atoms with E-state index in [9.17, 15) is 22.0 Å². The topological polar surface area (TPSA) is 41.6 Å². The third-order valence-electron chi connectivity index (χ3n) is 2.59. The van der Waals surface area contributed by atoms with Gasteiger partial charge in [-0.1, -0.05) is 17.7 Å². The third-order valence-corrected chi connectivity index (χ3v) is 2.94. The number of nitrogens with zero attached hydrogens (tertiary/aromatic N) is 3. The number of nitriles is 1. The van der Waals surface area contributed by atoms with E-state index in [4.69, 9.17) is 16.9 Å². The van der Waals surface area contributed by atoms with Crippen LogP contribution in [0.5, 0.6) is 0 Å². The molecule has 0 saturated carbocycles. The summed E-state index contributed by atoms with van der Waals surface area (Å²) >= 11 is 5.74. The molecule has 0 aliphatic carbocycles. The first kappa shape index (κ1) is 15.3. The molecule has 9 heteroatoms. The molecule has 0 amide bonds. The molecule has 21 heavy (non-hydrogen) atoms. The predicted octanol–water partition coefficient (Wildman–Crippen LogP) is 4.35. The largest absolute Gasteiger partial charge is 0.416 e. The first-order chi connectivity index (χ1) is 9.75. The Bertz CT molecular complexity index is 715. The maximum absolute atomic E-state index is 12.7. The minimum absolute atomic E-state index is 0.168. The molecule has 0 atom stereocenters. The second-order valence-corrected chi connectivity index (χ2v) is 4.28. The number of hydrogen-bond donors (Lipinski definition) is 0. The van der Waals surface area contributed by atoms with Crippen molar-refractivity contribution in [3.63, 3.8) is 0 Å². The molecule has 0 N–H and O–H groups in total. The Balaban J connectivity index is 2.61. The van der Waals surface area contributed by atoms with E-state index >= 15 is 0 Å². The summed E-state index contributed by atoms with van der Waals surface area (Å²) < 4.78 is 64.0. The van der Waals surface area contributed by atoms with Crippen LogP contribution >= 0.6 is 11.6 Å². The monoisotopic (exact) mass is 321 g/mol. The van der Waals surface area contributed by atoms with Gasteiger partial charge in [-0.15, -0.1) is 0 Å². The van der Waals surface area contributed by atoms with Crippen molar-refractivity contribution in [3.8, 4) is 11.8 Å². The maximum atomic E-state index is 12.7. The highest BCUT2D eigenvalue weighted by Crippen LogP contribution is 2.33. The SMILES string of the molecule is N#Cc1c(C(F)F)nn(-c2cccc(C(F)(F)F)c2)c1Cl. The maximum Gasteiger partial charge on any atom is 0.416 e. The molecule has 1 aromatic carbocycles. The summed E-state index contributed by atoms with van der Waals surface area (Å²) in [6.45, 7) is 0. The van der Waals surface area contributed by atoms with Crippen LogP contribution in [0, 0.1) is 11.3 Å². The van der Waals surface area contributed by atoms with Gasteiger partial charge in [-0.3, -0.25) is 0 Å². The van der Waals surface area contributed by atoms with Crippen LogP contribution in [-0.4, -0.2) is 9.78 Å². The quantitative estimate of drug-likeness (QED) is 0.771. The summed E-state index contributed by atoms with van der Waals surface area (Å²) in [5.41, 5.74) is -2.59. The van der Waals surface area contributed by atoms with Gasteiger partial charge in [0.25, 0.3) is 6.43 Å². The molecule has 2 aromatic rings. The standard InChI is InChI=1S/C12H5ClF5N3/c13-10-8(5-19)9(11(14)15)20-21(10)7-3-1-2-6(4-7)12(16,17)18/h1-4,11H. The average Bonchev–Trinajstić information content (AvgIpc) is 2.75. The van der Waals surface area contributed by atoms with Gasteiger partial charge in [-0.2, -0.15) is 23.5 Å². The molecule has 3 nitrogen and oxygen atoms in total. The molecule has 110 valence electrons. The lowest BCUT2D eigenvalue weighted by atomic mass is 10.2. The molecule has 1 aromatic heterocycles. The lowest BCUT2D eigenvalue weighted by Gasteiger charge is -2.09. The first-order valence-corrected chi connectivity index (χ1v) is 5.77. The van der Waals surface area contributed by atoms with Crippen molar-refractivity contribution in [2.75, 3.05) is 0 Å². The number of aromatic nitrogens is 2. The van der Waals surface area contributed by atoms with Crippen LogP contribution in [0.4, 0.5) is 22.0 Å². The van der Waals surface area contributed by atoms with Gasteiger partial charge in [-0.05, 0) is 18.2 Å². The first-order valence-electron chi connectivity index (χ1n) is 5.40. The lowest BCUT2D eigenvalue weighted by Crippen LogP contribution is -2.06. The summed E-state index contributed by atoms with van der Waals surface area (Å²) in [6, 6.07) is 5.29. The van der Waals surface area contributed by atoms with Gasteiger partial charge in [0.15, 0.2) is 5.15 Å². The number of rotatable bonds is 2. The zero-order chi connectivity index (χ0) is 15.8. The Hall–Kier alpha value is -2.14. The van der Waals surface area contributed by atoms with Crippen LogP contribution in [0.2, 0.25) is 5.15 Å². The fraction of sp³-hybridized carbons (Fsp3) is 0.167. The van der Waals surface area contributed by atoms with Crippen molar-refractivity contribution >= 4 is 11.6 Å². The highest BCUT2D eigenvalue weighted by molar-refractivity contribution is 6.31. The van der Waals surface area contributed by atoms with E-state index in [1.54, 1.807) is 0 Å². The Kier molecular flexibility index (Phi) is 3.87. The van der Waals surface area contributed by atoms with Crippen molar-refractivity contribution < 1.29 is 22.0 Å². The molecular formula is C12H5ClF5N3. The van der Waals surface area contributed by atoms with Gasteiger partial charge in [0.2, 0.25) is 0 Å². The van der Waals surface area contributed by atoms with Crippen LogP contribution in [0.3, 0.4) is 0 Å². The number of alkyl halides is 5. The molecule has 0 fully saturated rings. The summed E-state index contributed by atoms with van der Waals surface area (Å²) in [7, 11) is 0. The minimum atomic E-state index is -4.60. The molecule has 0 aliphatic heterocycles. The minimum Gasteiger partial charge on any atom is -0.220 e. The van der Waals surface area contributed by atoms with Crippen molar-refractivity contribution in [1.82, 2.24) is 9.78 Å².